The zero-order chi connectivity index (χ0) is 35.3. The lowest BCUT2D eigenvalue weighted by Crippen LogP contribution is -2.41. The molecule has 0 fully saturated rings. The second-order valence-electron chi connectivity index (χ2n) is 10.5. The van der Waals surface area contributed by atoms with Crippen LogP contribution in [0, 0.1) is 0 Å². The van der Waals surface area contributed by atoms with Gasteiger partial charge in [-0.2, -0.15) is 0 Å². The Kier molecular flexibility index (Phi) is 34.9. The summed E-state index contributed by atoms with van der Waals surface area (Å²) in [5.74, 6) is -0.240. The van der Waals surface area contributed by atoms with Crippen LogP contribution in [0.2, 0.25) is 0 Å². The first-order valence-electron chi connectivity index (χ1n) is 16.9. The maximum absolute atomic E-state index is 12.4. The van der Waals surface area contributed by atoms with E-state index >= 15 is 0 Å². The van der Waals surface area contributed by atoms with Crippen LogP contribution in [0.25, 0.3) is 0 Å². The van der Waals surface area contributed by atoms with Crippen molar-refractivity contribution in [2.24, 2.45) is 22.9 Å². The second-order valence-corrected chi connectivity index (χ2v) is 10.5. The lowest BCUT2D eigenvalue weighted by Gasteiger charge is -2.22. The molecule has 0 aliphatic rings. The summed E-state index contributed by atoms with van der Waals surface area (Å²) >= 11 is 0. The number of hydrogen-bond donors (Lipinski definition) is 6. The van der Waals surface area contributed by atoms with Gasteiger partial charge in [-0.1, -0.05) is 0 Å². The predicted molar refractivity (Wildman–Crippen MR) is 183 cm³/mol. The number of ether oxygens (including phenoxy) is 6. The summed E-state index contributed by atoms with van der Waals surface area (Å²) in [7, 11) is 0. The third-order valence-corrected chi connectivity index (χ3v) is 6.56. The Balaban J connectivity index is 4.16. The molecule has 10 N–H and O–H groups in total. The third kappa shape index (κ3) is 31.4. The minimum absolute atomic E-state index is 0.120. The fraction of sp³-hybridized carbons (Fsp3) is 0.900. The number of aldehydes is 1. The molecule has 284 valence electrons. The molecule has 48 heavy (non-hydrogen) atoms. The van der Waals surface area contributed by atoms with Crippen LogP contribution in [0.3, 0.4) is 0 Å². The summed E-state index contributed by atoms with van der Waals surface area (Å²) in [5.41, 5.74) is 21.8. The quantitative estimate of drug-likeness (QED) is 0.0262. The molecule has 0 saturated heterocycles. The topological polar surface area (TPSA) is 244 Å². The summed E-state index contributed by atoms with van der Waals surface area (Å²) in [6, 6.07) is 0. The van der Waals surface area contributed by atoms with E-state index in [1.807, 2.05) is 14.7 Å². The van der Waals surface area contributed by atoms with E-state index in [0.717, 1.165) is 6.29 Å². The largest absolute Gasteiger partial charge is 0.379 e. The van der Waals surface area contributed by atoms with E-state index in [1.54, 1.807) is 0 Å². The Labute approximate surface area is 286 Å². The van der Waals surface area contributed by atoms with Gasteiger partial charge in [0, 0.05) is 78.5 Å². The monoisotopic (exact) mass is 695 g/mol. The molecule has 0 radical (unpaired) electrons. The van der Waals surface area contributed by atoms with Crippen molar-refractivity contribution in [1.29, 1.82) is 0 Å². The SMILES string of the molecule is NCCOCCN(CCOCCN)CC(=O)NCCOCCN(CC=O)CCOCCNC(=O)CN(CCOCCN)CCOCCN. The van der Waals surface area contributed by atoms with Crippen molar-refractivity contribution in [3.63, 3.8) is 0 Å². The lowest BCUT2D eigenvalue weighted by molar-refractivity contribution is -0.123. The van der Waals surface area contributed by atoms with E-state index in [9.17, 15) is 14.4 Å². The van der Waals surface area contributed by atoms with Crippen molar-refractivity contribution in [3.8, 4) is 0 Å². The van der Waals surface area contributed by atoms with Crippen molar-refractivity contribution >= 4 is 18.1 Å². The molecule has 0 aromatic heterocycles. The Morgan fingerprint density at radius 1 is 0.458 bits per heavy atom. The molecule has 18 heteroatoms. The van der Waals surface area contributed by atoms with E-state index in [4.69, 9.17) is 51.4 Å². The van der Waals surface area contributed by atoms with Crippen LogP contribution < -0.4 is 33.6 Å². The van der Waals surface area contributed by atoms with Gasteiger partial charge in [0.25, 0.3) is 0 Å². The first-order valence-corrected chi connectivity index (χ1v) is 16.9. The summed E-state index contributed by atoms with van der Waals surface area (Å²) in [4.78, 5) is 41.8. The van der Waals surface area contributed by atoms with E-state index in [0.29, 0.717) is 158 Å². The second kappa shape index (κ2) is 36.4. The van der Waals surface area contributed by atoms with Gasteiger partial charge in [-0.15, -0.1) is 0 Å². The molecule has 18 nitrogen and oxygen atoms in total. The summed E-state index contributed by atoms with van der Waals surface area (Å²) in [6.45, 7) is 11.9. The highest BCUT2D eigenvalue weighted by atomic mass is 16.5. The first-order chi connectivity index (χ1) is 23.5. The average Bonchev–Trinajstić information content (AvgIpc) is 3.07. The van der Waals surface area contributed by atoms with E-state index < -0.39 is 0 Å². The Morgan fingerprint density at radius 2 is 0.750 bits per heavy atom. The molecule has 0 unspecified atom stereocenters. The molecular weight excluding hydrogens is 630 g/mol. The van der Waals surface area contributed by atoms with Crippen LogP contribution in [0.15, 0.2) is 0 Å². The lowest BCUT2D eigenvalue weighted by atomic mass is 10.4. The van der Waals surface area contributed by atoms with Crippen LogP contribution in [0.4, 0.5) is 0 Å². The molecule has 0 atom stereocenters. The van der Waals surface area contributed by atoms with E-state index in [-0.39, 0.29) is 31.4 Å². The molecule has 2 amide bonds. The number of carbonyl (C=O) groups excluding carboxylic acids is 3. The molecule has 0 aliphatic carbocycles. The van der Waals surface area contributed by atoms with Gasteiger partial charge in [0.1, 0.15) is 6.29 Å². The zero-order valence-electron chi connectivity index (χ0n) is 29.0. The highest BCUT2D eigenvalue weighted by Gasteiger charge is 2.12. The van der Waals surface area contributed by atoms with Crippen molar-refractivity contribution in [1.82, 2.24) is 25.3 Å². The summed E-state index contributed by atoms with van der Waals surface area (Å²) in [5, 5.41) is 5.72. The number of amides is 2. The van der Waals surface area contributed by atoms with Crippen LogP contribution >= 0.6 is 0 Å². The van der Waals surface area contributed by atoms with Gasteiger partial charge >= 0.3 is 0 Å². The van der Waals surface area contributed by atoms with E-state index in [1.165, 1.54) is 0 Å². The highest BCUT2D eigenvalue weighted by molar-refractivity contribution is 5.78. The molecule has 0 saturated carbocycles. The normalized spacial score (nSPS) is 11.6. The molecule has 0 spiro atoms. The molecular formula is C30H65N9O9. The fourth-order valence-corrected chi connectivity index (χ4v) is 4.09. The molecule has 0 aromatic rings. The maximum atomic E-state index is 12.4. The van der Waals surface area contributed by atoms with Crippen molar-refractivity contribution < 1.29 is 42.8 Å². The maximum Gasteiger partial charge on any atom is 0.234 e. The smallest absolute Gasteiger partial charge is 0.234 e. The van der Waals surface area contributed by atoms with Crippen LogP contribution in [0.1, 0.15) is 0 Å². The van der Waals surface area contributed by atoms with Crippen LogP contribution in [-0.2, 0) is 42.8 Å². The average molecular weight is 696 g/mol. The standard InChI is InChI=1S/C30H65N9O9/c31-1-15-43-23-10-38(11-24-44-16-2-32)27-29(41)35-5-19-47-21-8-37(7-14-40)9-22-48-20-6-36-30(42)28-39(12-25-45-17-3-33)13-26-46-18-4-34/h14H,1-13,15-28,31-34H2,(H,35,41)(H,36,42). The minimum Gasteiger partial charge on any atom is -0.379 e. The third-order valence-electron chi connectivity index (χ3n) is 6.56. The number of rotatable bonds is 38. The molecule has 0 rings (SSSR count). The van der Waals surface area contributed by atoms with Gasteiger partial charge in [-0.25, -0.2) is 0 Å². The Morgan fingerprint density at radius 3 is 1.04 bits per heavy atom. The van der Waals surface area contributed by atoms with Gasteiger partial charge < -0.3 is 66.8 Å². The number of hydrogen-bond acceptors (Lipinski definition) is 16. The van der Waals surface area contributed by atoms with Gasteiger partial charge in [-0.3, -0.25) is 24.3 Å². The summed E-state index contributed by atoms with van der Waals surface area (Å²) < 4.78 is 33.1. The molecule has 0 bridgehead atoms. The number of nitrogens with two attached hydrogens (primary N) is 4. The Bertz CT molecular complexity index is 670. The zero-order valence-corrected chi connectivity index (χ0v) is 29.0. The van der Waals surface area contributed by atoms with Crippen LogP contribution in [-0.4, -0.2) is 210 Å². The van der Waals surface area contributed by atoms with Crippen molar-refractivity contribution in [3.05, 3.63) is 0 Å². The fourth-order valence-electron chi connectivity index (χ4n) is 4.09. The number of carbonyl (C=O) groups is 3. The number of nitrogens with zero attached hydrogens (tertiary/aromatic N) is 3. The van der Waals surface area contributed by atoms with Crippen molar-refractivity contribution in [2.45, 2.75) is 0 Å². The highest BCUT2D eigenvalue weighted by Crippen LogP contribution is 1.93. The Hall–Kier alpha value is -1.91. The summed E-state index contributed by atoms with van der Waals surface area (Å²) in [6.07, 6.45) is 0.836. The van der Waals surface area contributed by atoms with Gasteiger partial charge in [0.2, 0.25) is 11.8 Å². The molecule has 0 aliphatic heterocycles. The van der Waals surface area contributed by atoms with E-state index in [2.05, 4.69) is 10.6 Å². The van der Waals surface area contributed by atoms with Gasteiger partial charge in [0.15, 0.2) is 0 Å². The van der Waals surface area contributed by atoms with Crippen LogP contribution in [0.5, 0.6) is 0 Å². The predicted octanol–water partition coefficient (Wildman–Crippen LogP) is -4.74. The van der Waals surface area contributed by atoms with Gasteiger partial charge in [0.05, 0.1) is 98.9 Å². The molecule has 0 aromatic carbocycles. The first kappa shape index (κ1) is 46.1. The van der Waals surface area contributed by atoms with Gasteiger partial charge in [-0.05, 0) is 0 Å². The number of nitrogens with one attached hydrogen (secondary N) is 2. The molecule has 0 heterocycles. The van der Waals surface area contributed by atoms with Crippen molar-refractivity contribution in [2.75, 3.05) is 177 Å². The minimum atomic E-state index is -0.120.